The molecular formula is C23H28N2O4. The molecule has 0 saturated heterocycles. The topological polar surface area (TPSA) is 80.6 Å². The highest BCUT2D eigenvalue weighted by molar-refractivity contribution is 5.77. The zero-order chi connectivity index (χ0) is 21.1. The van der Waals surface area contributed by atoms with E-state index in [0.717, 1.165) is 22.4 Å². The third kappa shape index (κ3) is 7.38. The van der Waals surface area contributed by atoms with E-state index in [1.165, 1.54) is 0 Å². The van der Waals surface area contributed by atoms with Crippen molar-refractivity contribution in [1.29, 1.82) is 5.26 Å². The second-order valence-corrected chi connectivity index (χ2v) is 6.61. The lowest BCUT2D eigenvalue weighted by Crippen LogP contribution is -2.24. The fourth-order valence-electron chi connectivity index (χ4n) is 2.74. The smallest absolute Gasteiger partial charge is 0.234 e. The Morgan fingerprint density at radius 2 is 1.76 bits per heavy atom. The van der Waals surface area contributed by atoms with E-state index in [-0.39, 0.29) is 12.3 Å². The van der Waals surface area contributed by atoms with Crippen LogP contribution in [0.25, 0.3) is 0 Å². The molecule has 0 atom stereocenters. The van der Waals surface area contributed by atoms with Crippen LogP contribution in [-0.2, 0) is 11.2 Å². The summed E-state index contributed by atoms with van der Waals surface area (Å²) in [5.41, 5.74) is 3.27. The number of nitrogens with zero attached hydrogens (tertiary/aromatic N) is 1. The van der Waals surface area contributed by atoms with Crippen molar-refractivity contribution in [2.45, 2.75) is 33.6 Å². The average Bonchev–Trinajstić information content (AvgIpc) is 2.69. The molecule has 2 aromatic carbocycles. The van der Waals surface area contributed by atoms with Crippen molar-refractivity contribution in [3.63, 3.8) is 0 Å². The first-order chi connectivity index (χ1) is 14.0. The molecule has 2 aromatic rings. The highest BCUT2D eigenvalue weighted by atomic mass is 16.5. The Balaban J connectivity index is 1.88. The second kappa shape index (κ2) is 11.6. The predicted molar refractivity (Wildman–Crippen MR) is 111 cm³/mol. The summed E-state index contributed by atoms with van der Waals surface area (Å²) in [5.74, 6) is 1.93. The van der Waals surface area contributed by atoms with Gasteiger partial charge < -0.3 is 19.5 Å². The van der Waals surface area contributed by atoms with Crippen LogP contribution in [0.4, 0.5) is 0 Å². The van der Waals surface area contributed by atoms with Crippen molar-refractivity contribution in [2.24, 2.45) is 0 Å². The summed E-state index contributed by atoms with van der Waals surface area (Å²) in [4.78, 5) is 11.4. The van der Waals surface area contributed by atoms with Crippen LogP contribution in [0.15, 0.2) is 36.4 Å². The molecule has 1 N–H and O–H groups in total. The number of nitriles is 1. The predicted octanol–water partition coefficient (Wildman–Crippen LogP) is 3.73. The summed E-state index contributed by atoms with van der Waals surface area (Å²) in [6.07, 6.45) is 0.522. The van der Waals surface area contributed by atoms with Gasteiger partial charge in [0.1, 0.15) is 25.4 Å². The number of benzene rings is 2. The van der Waals surface area contributed by atoms with Gasteiger partial charge in [-0.05, 0) is 62.1 Å². The first-order valence-corrected chi connectivity index (χ1v) is 9.75. The third-order valence-corrected chi connectivity index (χ3v) is 4.23. The highest BCUT2D eigenvalue weighted by Crippen LogP contribution is 2.29. The summed E-state index contributed by atoms with van der Waals surface area (Å²) < 4.78 is 17.4. The molecule has 6 nitrogen and oxygen atoms in total. The SMILES string of the molecule is CCOc1cc(CCNC(=O)CC#N)ccc1OCCOc1cc(C)ccc1C. The molecule has 6 heteroatoms. The molecule has 0 fully saturated rings. The first kappa shape index (κ1) is 22.1. The number of ether oxygens (including phenoxy) is 3. The summed E-state index contributed by atoms with van der Waals surface area (Å²) in [6.45, 7) is 7.80. The largest absolute Gasteiger partial charge is 0.490 e. The molecule has 0 heterocycles. The van der Waals surface area contributed by atoms with Crippen molar-refractivity contribution >= 4 is 5.91 Å². The molecule has 0 aromatic heterocycles. The summed E-state index contributed by atoms with van der Waals surface area (Å²) >= 11 is 0. The molecule has 0 spiro atoms. The molecule has 0 aliphatic carbocycles. The summed E-state index contributed by atoms with van der Waals surface area (Å²) in [5, 5.41) is 11.2. The maximum atomic E-state index is 11.4. The Morgan fingerprint density at radius 3 is 2.48 bits per heavy atom. The van der Waals surface area contributed by atoms with E-state index in [1.54, 1.807) is 0 Å². The minimum atomic E-state index is -0.263. The number of rotatable bonds is 11. The third-order valence-electron chi connectivity index (χ3n) is 4.23. The van der Waals surface area contributed by atoms with Gasteiger partial charge in [-0.25, -0.2) is 0 Å². The van der Waals surface area contributed by atoms with Crippen LogP contribution in [0.1, 0.15) is 30.0 Å². The van der Waals surface area contributed by atoms with Gasteiger partial charge in [-0.1, -0.05) is 18.2 Å². The lowest BCUT2D eigenvalue weighted by Gasteiger charge is -2.15. The molecule has 0 aliphatic rings. The molecular weight excluding hydrogens is 368 g/mol. The van der Waals surface area contributed by atoms with E-state index < -0.39 is 0 Å². The zero-order valence-electron chi connectivity index (χ0n) is 17.3. The van der Waals surface area contributed by atoms with Crippen molar-refractivity contribution < 1.29 is 19.0 Å². The van der Waals surface area contributed by atoms with Gasteiger partial charge in [0.15, 0.2) is 11.5 Å². The normalized spacial score (nSPS) is 10.1. The van der Waals surface area contributed by atoms with E-state index in [1.807, 2.05) is 57.2 Å². The number of carbonyl (C=O) groups is 1. The van der Waals surface area contributed by atoms with E-state index in [0.29, 0.717) is 44.3 Å². The maximum absolute atomic E-state index is 11.4. The second-order valence-electron chi connectivity index (χ2n) is 6.61. The lowest BCUT2D eigenvalue weighted by molar-refractivity contribution is -0.120. The van der Waals surface area contributed by atoms with Gasteiger partial charge >= 0.3 is 0 Å². The van der Waals surface area contributed by atoms with Crippen LogP contribution < -0.4 is 19.5 Å². The van der Waals surface area contributed by atoms with Gasteiger partial charge in [0.05, 0.1) is 12.7 Å². The van der Waals surface area contributed by atoms with Crippen molar-refractivity contribution in [3.8, 4) is 23.3 Å². The Kier molecular flexibility index (Phi) is 8.84. The highest BCUT2D eigenvalue weighted by Gasteiger charge is 2.08. The zero-order valence-corrected chi connectivity index (χ0v) is 17.3. The number of aryl methyl sites for hydroxylation is 2. The van der Waals surface area contributed by atoms with Crippen molar-refractivity contribution in [3.05, 3.63) is 53.1 Å². The number of amides is 1. The van der Waals surface area contributed by atoms with Gasteiger partial charge in [0.2, 0.25) is 5.91 Å². The monoisotopic (exact) mass is 396 g/mol. The van der Waals surface area contributed by atoms with Gasteiger partial charge in [0, 0.05) is 6.54 Å². The van der Waals surface area contributed by atoms with Crippen LogP contribution >= 0.6 is 0 Å². The minimum absolute atomic E-state index is 0.124. The van der Waals surface area contributed by atoms with Crippen molar-refractivity contribution in [2.75, 3.05) is 26.4 Å². The average molecular weight is 396 g/mol. The van der Waals surface area contributed by atoms with Gasteiger partial charge in [0.25, 0.3) is 0 Å². The Hall–Kier alpha value is -3.20. The standard InChI is InChI=1S/C23H28N2O4/c1-4-27-22-16-19(10-12-25-23(26)9-11-24)7-8-20(22)28-13-14-29-21-15-17(2)5-6-18(21)3/h5-8,15-16H,4,9-10,12-14H2,1-3H3,(H,25,26). The lowest BCUT2D eigenvalue weighted by atomic mass is 10.1. The number of hydrogen-bond acceptors (Lipinski definition) is 5. The fraction of sp³-hybridized carbons (Fsp3) is 0.391. The molecule has 0 saturated carbocycles. The number of nitrogens with one attached hydrogen (secondary N) is 1. The molecule has 154 valence electrons. The summed E-state index contributed by atoms with van der Waals surface area (Å²) in [6, 6.07) is 13.7. The van der Waals surface area contributed by atoms with E-state index in [9.17, 15) is 4.79 Å². The van der Waals surface area contributed by atoms with Crippen LogP contribution in [-0.4, -0.2) is 32.3 Å². The molecule has 0 unspecified atom stereocenters. The minimum Gasteiger partial charge on any atom is -0.490 e. The molecule has 0 bridgehead atoms. The Bertz CT molecular complexity index is 858. The first-order valence-electron chi connectivity index (χ1n) is 9.75. The van der Waals surface area contributed by atoms with Crippen LogP contribution in [0.5, 0.6) is 17.2 Å². The van der Waals surface area contributed by atoms with E-state index in [4.69, 9.17) is 19.5 Å². The number of carbonyl (C=O) groups excluding carboxylic acids is 1. The van der Waals surface area contributed by atoms with E-state index >= 15 is 0 Å². The Morgan fingerprint density at radius 1 is 1.00 bits per heavy atom. The fourth-order valence-corrected chi connectivity index (χ4v) is 2.74. The number of hydrogen-bond donors (Lipinski definition) is 1. The summed E-state index contributed by atoms with van der Waals surface area (Å²) in [7, 11) is 0. The van der Waals surface area contributed by atoms with Gasteiger partial charge in [-0.2, -0.15) is 5.26 Å². The molecule has 0 aliphatic heterocycles. The molecule has 0 radical (unpaired) electrons. The maximum Gasteiger partial charge on any atom is 0.234 e. The molecule has 2 rings (SSSR count). The Labute approximate surface area is 172 Å². The van der Waals surface area contributed by atoms with E-state index in [2.05, 4.69) is 11.4 Å². The van der Waals surface area contributed by atoms with Gasteiger partial charge in [-0.3, -0.25) is 4.79 Å². The van der Waals surface area contributed by atoms with Crippen LogP contribution in [0.3, 0.4) is 0 Å². The quantitative estimate of drug-likeness (QED) is 0.585. The van der Waals surface area contributed by atoms with Crippen LogP contribution in [0, 0.1) is 25.2 Å². The van der Waals surface area contributed by atoms with Crippen molar-refractivity contribution in [1.82, 2.24) is 5.32 Å². The molecule has 29 heavy (non-hydrogen) atoms. The molecule has 1 amide bonds. The van der Waals surface area contributed by atoms with Crippen LogP contribution in [0.2, 0.25) is 0 Å². The van der Waals surface area contributed by atoms with Gasteiger partial charge in [-0.15, -0.1) is 0 Å².